The summed E-state index contributed by atoms with van der Waals surface area (Å²) in [6.45, 7) is 14.6. The Hall–Kier alpha value is -3.50. The lowest BCUT2D eigenvalue weighted by Crippen LogP contribution is -2.65. The number of hydrogen-bond donors (Lipinski definition) is 2. The summed E-state index contributed by atoms with van der Waals surface area (Å²) in [5.41, 5.74) is 3.02. The highest BCUT2D eigenvalue weighted by Crippen LogP contribution is 2.74. The van der Waals surface area contributed by atoms with Crippen LogP contribution in [0.5, 0.6) is 5.75 Å². The minimum Gasteiger partial charge on any atom is -0.497 e. The molecule has 1 aromatic heterocycles. The fourth-order valence-corrected chi connectivity index (χ4v) is 11.2. The number of benzene rings is 1. The van der Waals surface area contributed by atoms with E-state index in [1.54, 1.807) is 18.0 Å². The number of aromatic nitrogens is 3. The molecule has 4 aliphatic rings. The smallest absolute Gasteiger partial charge is 0.334 e. The van der Waals surface area contributed by atoms with Gasteiger partial charge < -0.3 is 24.4 Å². The van der Waals surface area contributed by atoms with E-state index in [-0.39, 0.29) is 52.7 Å². The van der Waals surface area contributed by atoms with Crippen molar-refractivity contribution in [2.75, 3.05) is 7.11 Å². The maximum atomic E-state index is 14.3. The fraction of sp³-hybridized carbons (Fsp3) is 0.659. The molecule has 0 saturated heterocycles. The van der Waals surface area contributed by atoms with Crippen LogP contribution in [0.25, 0.3) is 5.69 Å². The second kappa shape index (κ2) is 14.1. The van der Waals surface area contributed by atoms with Crippen LogP contribution in [0.15, 0.2) is 53.3 Å². The molecule has 51 heavy (non-hydrogen) atoms. The van der Waals surface area contributed by atoms with Gasteiger partial charge in [0.15, 0.2) is 0 Å². The topological polar surface area (TPSA) is 133 Å². The quantitative estimate of drug-likeness (QED) is 0.162. The lowest BCUT2D eigenvalue weighted by molar-refractivity contribution is -0.234. The minimum absolute atomic E-state index is 0.0201. The van der Waals surface area contributed by atoms with Crippen LogP contribution >= 0.6 is 0 Å². The Kier molecular flexibility index (Phi) is 10.3. The van der Waals surface area contributed by atoms with Crippen LogP contribution in [0.4, 0.5) is 0 Å². The predicted octanol–water partition coefficient (Wildman–Crippen LogP) is 6.91. The lowest BCUT2D eigenvalue weighted by Gasteiger charge is -2.69. The first-order valence-corrected chi connectivity index (χ1v) is 18.8. The molecule has 0 unspecified atom stereocenters. The Morgan fingerprint density at radius 1 is 1.02 bits per heavy atom. The van der Waals surface area contributed by atoms with Crippen molar-refractivity contribution in [1.82, 2.24) is 15.0 Å². The molecule has 0 radical (unpaired) electrons. The van der Waals surface area contributed by atoms with Gasteiger partial charge in [-0.15, -0.1) is 5.10 Å². The number of carbonyl (C=O) groups excluding carboxylic acids is 2. The number of aliphatic hydroxyl groups excluding tert-OH is 2. The first-order valence-electron chi connectivity index (χ1n) is 18.8. The molecule has 4 fully saturated rings. The van der Waals surface area contributed by atoms with Gasteiger partial charge in [0.05, 0.1) is 31.2 Å². The number of allylic oxidation sites excluding steroid dienone is 2. The zero-order chi connectivity index (χ0) is 36.9. The molecular weight excluding hydrogens is 646 g/mol. The molecule has 10 atom stereocenters. The third kappa shape index (κ3) is 6.56. The van der Waals surface area contributed by atoms with E-state index in [0.29, 0.717) is 42.9 Å². The summed E-state index contributed by atoms with van der Waals surface area (Å²) in [6.07, 6.45) is 7.95. The van der Waals surface area contributed by atoms with E-state index in [4.69, 9.17) is 14.2 Å². The summed E-state index contributed by atoms with van der Waals surface area (Å²) in [6, 6.07) is 7.42. The number of hydrogen-bond acceptors (Lipinski definition) is 9. The second-order valence-electron chi connectivity index (χ2n) is 16.8. The van der Waals surface area contributed by atoms with Crippen LogP contribution < -0.4 is 4.74 Å². The van der Waals surface area contributed by atoms with Crippen LogP contribution in [0.2, 0.25) is 0 Å². The Labute approximate surface area is 302 Å². The van der Waals surface area contributed by atoms with Crippen molar-refractivity contribution in [1.29, 1.82) is 0 Å². The second-order valence-corrected chi connectivity index (χ2v) is 16.8. The number of esters is 2. The van der Waals surface area contributed by atoms with Crippen LogP contribution in [0, 0.1) is 39.9 Å². The van der Waals surface area contributed by atoms with Crippen LogP contribution in [-0.2, 0) is 25.7 Å². The molecule has 4 aliphatic carbocycles. The molecular formula is C41H57N3O7. The monoisotopic (exact) mass is 703 g/mol. The molecule has 1 heterocycles. The van der Waals surface area contributed by atoms with Crippen molar-refractivity contribution in [2.45, 2.75) is 125 Å². The average Bonchev–Trinajstić information content (AvgIpc) is 3.66. The first-order chi connectivity index (χ1) is 24.1. The van der Waals surface area contributed by atoms with Gasteiger partial charge >= 0.3 is 11.9 Å². The summed E-state index contributed by atoms with van der Waals surface area (Å²) < 4.78 is 19.0. The minimum atomic E-state index is -0.600. The number of methoxy groups -OCH3 is 1. The summed E-state index contributed by atoms with van der Waals surface area (Å²) in [5.74, 6) is 0.235. The van der Waals surface area contributed by atoms with Crippen molar-refractivity contribution in [3.05, 3.63) is 59.0 Å². The van der Waals surface area contributed by atoms with Gasteiger partial charge in [-0.3, -0.25) is 4.79 Å². The maximum absolute atomic E-state index is 14.3. The van der Waals surface area contributed by atoms with E-state index in [9.17, 15) is 19.8 Å². The Morgan fingerprint density at radius 3 is 2.41 bits per heavy atom. The molecule has 0 spiro atoms. The molecule has 10 heteroatoms. The number of fused-ring (bicyclic) bond motifs is 5. The Morgan fingerprint density at radius 2 is 1.75 bits per heavy atom. The fourth-order valence-electron chi connectivity index (χ4n) is 11.2. The lowest BCUT2D eigenvalue weighted by atomic mass is 9.36. The van der Waals surface area contributed by atoms with E-state index >= 15 is 0 Å². The zero-order valence-corrected chi connectivity index (χ0v) is 31.6. The molecule has 4 saturated carbocycles. The standard InChI is InChI=1S/C41H57N3O7/c1-24(2)10-9-11-30(38(48)50-23-27-22-44(43-42-27)28-12-14-29(49-8)15-13-28)36-32-20-34(47)37-39(5)18-17-33(46)25(3)31(39)16-19-40(37,6)41(32,7)21-35(36)51-26(4)45/h10,12-15,22,25,31-35,37,46-47H,9,11,16-21,23H2,1-8H3/b36-30-/t25-,31-,32-,33+,34+,35-,37-,39-,40-,41-/m0/s1. The third-order valence-electron chi connectivity index (χ3n) is 13.8. The number of nitrogens with zero attached hydrogens (tertiary/aromatic N) is 3. The van der Waals surface area contributed by atoms with Crippen molar-refractivity contribution in [2.24, 2.45) is 39.9 Å². The van der Waals surface area contributed by atoms with Crippen molar-refractivity contribution >= 4 is 11.9 Å². The maximum Gasteiger partial charge on any atom is 0.334 e. The predicted molar refractivity (Wildman–Crippen MR) is 193 cm³/mol. The van der Waals surface area contributed by atoms with E-state index in [1.807, 2.05) is 38.1 Å². The molecule has 0 bridgehead atoms. The number of rotatable bonds is 9. The largest absolute Gasteiger partial charge is 0.497 e. The van der Waals surface area contributed by atoms with Crippen LogP contribution in [0.1, 0.15) is 106 Å². The van der Waals surface area contributed by atoms with Crippen molar-refractivity contribution in [3.63, 3.8) is 0 Å². The van der Waals surface area contributed by atoms with Crippen molar-refractivity contribution < 1.29 is 34.0 Å². The summed E-state index contributed by atoms with van der Waals surface area (Å²) in [7, 11) is 1.61. The van der Waals surface area contributed by atoms with Crippen LogP contribution in [-0.4, -0.2) is 62.6 Å². The number of aliphatic hydroxyl groups is 2. The van der Waals surface area contributed by atoms with Gasteiger partial charge in [0.25, 0.3) is 0 Å². The van der Waals surface area contributed by atoms with Gasteiger partial charge in [0.2, 0.25) is 0 Å². The van der Waals surface area contributed by atoms with E-state index in [0.717, 1.165) is 48.3 Å². The highest BCUT2D eigenvalue weighted by molar-refractivity contribution is 5.90. The average molecular weight is 704 g/mol. The summed E-state index contributed by atoms with van der Waals surface area (Å²) in [5, 5.41) is 31.6. The SMILES string of the molecule is COc1ccc(-n2cc(COC(=O)/C(CCC=C(C)C)=C3\[C@@H](OC(C)=O)C[C@@]4(C)[C@H]3C[C@@H](O)[C@H]3[C@@]5(C)CC[C@@H](O)[C@@H](C)[C@@H]5CC[C@@]34C)nn2)cc1. The first kappa shape index (κ1) is 37.3. The third-order valence-corrected chi connectivity index (χ3v) is 13.8. The molecule has 0 aliphatic heterocycles. The Balaban J connectivity index is 1.35. The van der Waals surface area contributed by atoms with Gasteiger partial charge in [-0.25, -0.2) is 9.48 Å². The van der Waals surface area contributed by atoms with Gasteiger partial charge in [-0.05, 0) is 135 Å². The Bertz CT molecular complexity index is 1680. The number of ether oxygens (including phenoxy) is 3. The van der Waals surface area contributed by atoms with Gasteiger partial charge in [0, 0.05) is 12.5 Å². The normalized spacial score (nSPS) is 36.6. The number of carbonyl (C=O) groups is 2. The van der Waals surface area contributed by atoms with E-state index in [2.05, 4.69) is 44.1 Å². The molecule has 278 valence electrons. The van der Waals surface area contributed by atoms with E-state index < -0.39 is 18.2 Å². The van der Waals surface area contributed by atoms with Gasteiger partial charge in [-0.1, -0.05) is 44.6 Å². The van der Waals surface area contributed by atoms with Crippen molar-refractivity contribution in [3.8, 4) is 11.4 Å². The molecule has 10 nitrogen and oxygen atoms in total. The summed E-state index contributed by atoms with van der Waals surface area (Å²) in [4.78, 5) is 27.0. The highest BCUT2D eigenvalue weighted by Gasteiger charge is 2.70. The molecule has 0 amide bonds. The highest BCUT2D eigenvalue weighted by atomic mass is 16.5. The molecule has 2 aromatic rings. The summed E-state index contributed by atoms with van der Waals surface area (Å²) >= 11 is 0. The molecule has 1 aromatic carbocycles. The van der Waals surface area contributed by atoms with Crippen LogP contribution in [0.3, 0.4) is 0 Å². The zero-order valence-electron chi connectivity index (χ0n) is 31.6. The van der Waals surface area contributed by atoms with E-state index in [1.165, 1.54) is 6.92 Å². The van der Waals surface area contributed by atoms with Gasteiger partial charge in [0.1, 0.15) is 24.2 Å². The molecule has 2 N–H and O–H groups in total. The molecule has 6 rings (SSSR count). The van der Waals surface area contributed by atoms with Gasteiger partial charge in [-0.2, -0.15) is 0 Å².